The number of nitrogens with one attached hydrogen (secondary N) is 1. The summed E-state index contributed by atoms with van der Waals surface area (Å²) in [4.78, 5) is 13.7. The smallest absolute Gasteiger partial charge is 0.240 e. The molecule has 3 rings (SSSR count). The number of nitrogens with zero attached hydrogens (tertiary/aromatic N) is 3. The molecule has 0 unspecified atom stereocenters. The van der Waals surface area contributed by atoms with Gasteiger partial charge in [-0.15, -0.1) is 11.3 Å². The molecule has 0 saturated heterocycles. The van der Waals surface area contributed by atoms with Crippen LogP contribution < -0.4 is 16.2 Å². The summed E-state index contributed by atoms with van der Waals surface area (Å²) in [6.45, 7) is 6.44. The number of aryl methyl sites for hydroxylation is 1. The maximum Gasteiger partial charge on any atom is 0.240 e. The Labute approximate surface area is 123 Å². The minimum absolute atomic E-state index is 0.506. The van der Waals surface area contributed by atoms with Gasteiger partial charge in [-0.1, -0.05) is 6.92 Å². The standard InChI is InChI=1S/C14H21N5S/c1-3-6-19(8-10-4-5-10)12-11-7-9(2)20-13(11)17-14(16-12)18-15/h7,10H,3-6,8,15H2,1-2H3,(H,16,17,18). The normalized spacial score (nSPS) is 14.8. The molecule has 1 aliphatic carbocycles. The van der Waals surface area contributed by atoms with Crippen LogP contribution in [0.25, 0.3) is 10.2 Å². The molecule has 1 saturated carbocycles. The van der Waals surface area contributed by atoms with Gasteiger partial charge in [0.25, 0.3) is 0 Å². The molecular weight excluding hydrogens is 270 g/mol. The van der Waals surface area contributed by atoms with E-state index in [1.807, 2.05) is 0 Å². The monoisotopic (exact) mass is 291 g/mol. The van der Waals surface area contributed by atoms with Crippen LogP contribution in [0.15, 0.2) is 6.07 Å². The van der Waals surface area contributed by atoms with Crippen LogP contribution in [0, 0.1) is 12.8 Å². The van der Waals surface area contributed by atoms with E-state index < -0.39 is 0 Å². The van der Waals surface area contributed by atoms with E-state index in [1.54, 1.807) is 11.3 Å². The first kappa shape index (κ1) is 13.6. The summed E-state index contributed by atoms with van der Waals surface area (Å²) >= 11 is 1.69. The number of hydrogen-bond acceptors (Lipinski definition) is 6. The molecule has 0 atom stereocenters. The zero-order chi connectivity index (χ0) is 14.1. The lowest BCUT2D eigenvalue weighted by molar-refractivity contribution is 0.701. The summed E-state index contributed by atoms with van der Waals surface area (Å²) in [5.74, 6) is 7.88. The van der Waals surface area contributed by atoms with Crippen LogP contribution in [0.4, 0.5) is 11.8 Å². The molecule has 0 aromatic carbocycles. The fourth-order valence-electron chi connectivity index (χ4n) is 2.50. The fourth-order valence-corrected chi connectivity index (χ4v) is 3.37. The summed E-state index contributed by atoms with van der Waals surface area (Å²) in [7, 11) is 0. The number of hydrazine groups is 1. The number of nitrogens with two attached hydrogens (primary N) is 1. The maximum atomic E-state index is 5.52. The summed E-state index contributed by atoms with van der Waals surface area (Å²) in [6, 6.07) is 2.19. The number of anilines is 2. The van der Waals surface area contributed by atoms with Crippen LogP contribution in [0.3, 0.4) is 0 Å². The lowest BCUT2D eigenvalue weighted by Crippen LogP contribution is -2.28. The Hall–Kier alpha value is -1.40. The van der Waals surface area contributed by atoms with Crippen molar-refractivity contribution in [2.45, 2.75) is 33.1 Å². The number of aromatic nitrogens is 2. The van der Waals surface area contributed by atoms with Crippen LogP contribution >= 0.6 is 11.3 Å². The Morgan fingerprint density at radius 1 is 1.45 bits per heavy atom. The maximum absolute atomic E-state index is 5.52. The van der Waals surface area contributed by atoms with E-state index in [2.05, 4.69) is 40.2 Å². The molecule has 0 radical (unpaired) electrons. The molecule has 6 heteroatoms. The number of fused-ring (bicyclic) bond motifs is 1. The second-order valence-electron chi connectivity index (χ2n) is 5.48. The van der Waals surface area contributed by atoms with Crippen LogP contribution in [0.1, 0.15) is 31.1 Å². The van der Waals surface area contributed by atoms with Crippen LogP contribution in [0.5, 0.6) is 0 Å². The van der Waals surface area contributed by atoms with Gasteiger partial charge in [0.15, 0.2) is 0 Å². The predicted octanol–water partition coefficient (Wildman–Crippen LogP) is 2.91. The number of nitrogen functional groups attached to an aromatic ring is 1. The fraction of sp³-hybridized carbons (Fsp3) is 0.571. The highest BCUT2D eigenvalue weighted by Gasteiger charge is 2.26. The van der Waals surface area contributed by atoms with Gasteiger partial charge in [-0.3, -0.25) is 5.43 Å². The molecule has 2 heterocycles. The summed E-state index contributed by atoms with van der Waals surface area (Å²) in [5, 5.41) is 1.15. The molecule has 0 bridgehead atoms. The minimum Gasteiger partial charge on any atom is -0.356 e. The van der Waals surface area contributed by atoms with Gasteiger partial charge in [-0.05, 0) is 38.2 Å². The van der Waals surface area contributed by atoms with Crippen molar-refractivity contribution in [3.8, 4) is 0 Å². The zero-order valence-corrected chi connectivity index (χ0v) is 12.8. The van der Waals surface area contributed by atoms with Crippen molar-refractivity contribution in [3.05, 3.63) is 10.9 Å². The first-order valence-corrected chi connectivity index (χ1v) is 8.02. The SMILES string of the molecule is CCCN(CC1CC1)c1nc(NN)nc2sc(C)cc12. The predicted molar refractivity (Wildman–Crippen MR) is 85.2 cm³/mol. The summed E-state index contributed by atoms with van der Waals surface area (Å²) in [5.41, 5.74) is 2.59. The Morgan fingerprint density at radius 2 is 2.25 bits per heavy atom. The third kappa shape index (κ3) is 2.71. The van der Waals surface area contributed by atoms with Gasteiger partial charge >= 0.3 is 0 Å². The highest BCUT2D eigenvalue weighted by atomic mass is 32.1. The van der Waals surface area contributed by atoms with Crippen LogP contribution in [-0.4, -0.2) is 23.1 Å². The van der Waals surface area contributed by atoms with E-state index in [0.717, 1.165) is 41.5 Å². The molecule has 0 spiro atoms. The van der Waals surface area contributed by atoms with E-state index in [-0.39, 0.29) is 0 Å². The van der Waals surface area contributed by atoms with Crippen molar-refractivity contribution >= 4 is 33.3 Å². The van der Waals surface area contributed by atoms with Gasteiger partial charge in [0.05, 0.1) is 5.39 Å². The zero-order valence-electron chi connectivity index (χ0n) is 12.0. The van der Waals surface area contributed by atoms with E-state index in [0.29, 0.717) is 5.95 Å². The molecule has 20 heavy (non-hydrogen) atoms. The second-order valence-corrected chi connectivity index (χ2v) is 6.72. The van der Waals surface area contributed by atoms with Crippen molar-refractivity contribution in [2.24, 2.45) is 11.8 Å². The number of hydrogen-bond donors (Lipinski definition) is 2. The van der Waals surface area contributed by atoms with Crippen molar-refractivity contribution in [1.82, 2.24) is 9.97 Å². The average molecular weight is 291 g/mol. The number of thiophene rings is 1. The lowest BCUT2D eigenvalue weighted by atomic mass is 10.2. The average Bonchev–Trinajstić information content (AvgIpc) is 3.16. The summed E-state index contributed by atoms with van der Waals surface area (Å²) in [6.07, 6.45) is 3.81. The van der Waals surface area contributed by atoms with Crippen molar-refractivity contribution in [1.29, 1.82) is 0 Å². The van der Waals surface area contributed by atoms with Gasteiger partial charge < -0.3 is 4.90 Å². The third-order valence-corrected chi connectivity index (χ3v) is 4.54. The molecule has 2 aromatic heterocycles. The van der Waals surface area contributed by atoms with E-state index in [4.69, 9.17) is 5.84 Å². The Kier molecular flexibility index (Phi) is 3.76. The molecule has 0 aliphatic heterocycles. The van der Waals surface area contributed by atoms with Gasteiger partial charge in [0.2, 0.25) is 5.95 Å². The van der Waals surface area contributed by atoms with Gasteiger partial charge in [0, 0.05) is 18.0 Å². The van der Waals surface area contributed by atoms with Gasteiger partial charge in [-0.25, -0.2) is 10.8 Å². The first-order chi connectivity index (χ1) is 9.71. The Morgan fingerprint density at radius 3 is 2.90 bits per heavy atom. The molecule has 108 valence electrons. The number of rotatable bonds is 6. The highest BCUT2D eigenvalue weighted by molar-refractivity contribution is 7.18. The quantitative estimate of drug-likeness (QED) is 0.633. The van der Waals surface area contributed by atoms with Crippen LogP contribution in [0.2, 0.25) is 0 Å². The minimum atomic E-state index is 0.506. The largest absolute Gasteiger partial charge is 0.356 e. The first-order valence-electron chi connectivity index (χ1n) is 7.21. The molecule has 2 aromatic rings. The Balaban J connectivity index is 2.05. The molecule has 5 nitrogen and oxygen atoms in total. The van der Waals surface area contributed by atoms with Crippen molar-refractivity contribution < 1.29 is 0 Å². The van der Waals surface area contributed by atoms with Gasteiger partial charge in [-0.2, -0.15) is 4.98 Å². The molecule has 1 fully saturated rings. The molecule has 0 amide bonds. The second kappa shape index (κ2) is 5.54. The molecule has 3 N–H and O–H groups in total. The van der Waals surface area contributed by atoms with E-state index in [9.17, 15) is 0 Å². The van der Waals surface area contributed by atoms with Crippen molar-refractivity contribution in [3.63, 3.8) is 0 Å². The third-order valence-electron chi connectivity index (χ3n) is 3.59. The van der Waals surface area contributed by atoms with Gasteiger partial charge in [0.1, 0.15) is 10.6 Å². The topological polar surface area (TPSA) is 67.1 Å². The van der Waals surface area contributed by atoms with Crippen molar-refractivity contribution in [2.75, 3.05) is 23.4 Å². The van der Waals surface area contributed by atoms with Crippen LogP contribution in [-0.2, 0) is 0 Å². The molecular formula is C14H21N5S. The highest BCUT2D eigenvalue weighted by Crippen LogP contribution is 2.35. The molecule has 1 aliphatic rings. The summed E-state index contributed by atoms with van der Waals surface area (Å²) < 4.78 is 0. The van der Waals surface area contributed by atoms with E-state index in [1.165, 1.54) is 17.7 Å². The Bertz CT molecular complexity index is 605. The lowest BCUT2D eigenvalue weighted by Gasteiger charge is -2.24. The van der Waals surface area contributed by atoms with E-state index >= 15 is 0 Å².